The Labute approximate surface area is 492 Å². The summed E-state index contributed by atoms with van der Waals surface area (Å²) in [6.45, 7) is 18.3. The van der Waals surface area contributed by atoms with Crippen LogP contribution in [0.25, 0.3) is 11.1 Å². The number of aliphatic carboxylic acids is 1. The number of carboxylic acid groups (broad SMARTS) is 1. The Morgan fingerprint density at radius 3 is 1.99 bits per heavy atom. The largest absolute Gasteiger partial charge is 0.480 e. The lowest BCUT2D eigenvalue weighted by Crippen LogP contribution is -2.56. The van der Waals surface area contributed by atoms with E-state index in [0.717, 1.165) is 32.7 Å². The average Bonchev–Trinajstić information content (AvgIpc) is 3.96. The minimum absolute atomic E-state index is 0.00126. The van der Waals surface area contributed by atoms with Crippen LogP contribution in [0, 0.1) is 17.8 Å². The number of nitrogens with zero attached hydrogens (tertiary/aromatic N) is 2. The number of thioether (sulfide) groups is 1. The van der Waals surface area contributed by atoms with Crippen LogP contribution >= 0.6 is 23.4 Å². The van der Waals surface area contributed by atoms with Gasteiger partial charge in [-0.3, -0.25) is 19.2 Å². The number of halogens is 1. The maximum absolute atomic E-state index is 14.2. The Morgan fingerprint density at radius 2 is 1.44 bits per heavy atom. The van der Waals surface area contributed by atoms with Crippen LogP contribution in [0.1, 0.15) is 118 Å². The van der Waals surface area contributed by atoms with Crippen LogP contribution in [0.3, 0.4) is 0 Å². The van der Waals surface area contributed by atoms with Gasteiger partial charge < -0.3 is 49.8 Å². The lowest BCUT2D eigenvalue weighted by molar-refractivity contribution is -0.158. The van der Waals surface area contributed by atoms with Gasteiger partial charge in [-0.05, 0) is 118 Å². The molecule has 0 aliphatic heterocycles. The van der Waals surface area contributed by atoms with Gasteiger partial charge in [0.1, 0.15) is 36.4 Å². The molecule has 1 aliphatic rings. The molecular formula is C62H84ClN5O13S. The summed E-state index contributed by atoms with van der Waals surface area (Å²) in [6.07, 6.45) is 2.56. The number of ether oxygens (including phenoxy) is 4. The van der Waals surface area contributed by atoms with Crippen LogP contribution in [-0.4, -0.2) is 144 Å². The molecule has 3 aromatic carbocycles. The number of hydrogen-bond acceptors (Lipinski definition) is 13. The maximum atomic E-state index is 14.2. The Balaban J connectivity index is 1.44. The van der Waals surface area contributed by atoms with Crippen LogP contribution in [0.4, 0.5) is 4.79 Å². The zero-order chi connectivity index (χ0) is 61.2. The summed E-state index contributed by atoms with van der Waals surface area (Å²) in [6, 6.07) is 19.1. The van der Waals surface area contributed by atoms with Crippen LogP contribution in [0.15, 0.2) is 96.1 Å². The molecule has 0 spiro atoms. The van der Waals surface area contributed by atoms with E-state index in [9.17, 15) is 43.5 Å². The molecule has 3 aromatic rings. The first kappa shape index (κ1) is 67.8. The van der Waals surface area contributed by atoms with Crippen molar-refractivity contribution in [1.29, 1.82) is 0 Å². The monoisotopic (exact) mass is 1170 g/mol. The highest BCUT2D eigenvalue weighted by Crippen LogP contribution is 2.44. The van der Waals surface area contributed by atoms with Crippen molar-refractivity contribution >= 4 is 71.0 Å². The molecule has 0 bridgehead atoms. The third kappa shape index (κ3) is 18.9. The first-order chi connectivity index (χ1) is 38.6. The van der Waals surface area contributed by atoms with Gasteiger partial charge in [0.05, 0.1) is 18.6 Å². The van der Waals surface area contributed by atoms with E-state index >= 15 is 0 Å². The molecule has 8 unspecified atom stereocenters. The fourth-order valence-electron chi connectivity index (χ4n) is 9.51. The summed E-state index contributed by atoms with van der Waals surface area (Å²) in [5.41, 5.74) is 4.30. The van der Waals surface area contributed by atoms with E-state index in [1.54, 1.807) is 51.1 Å². The number of nitrogens with one attached hydrogen (secondary N) is 3. The number of likely N-dealkylation sites (N-methyl/N-ethyl adjacent to an activating group) is 2. The Hall–Kier alpha value is -6.70. The highest BCUT2D eigenvalue weighted by atomic mass is 35.5. The van der Waals surface area contributed by atoms with Crippen molar-refractivity contribution in [2.24, 2.45) is 17.8 Å². The van der Waals surface area contributed by atoms with E-state index in [1.165, 1.54) is 51.5 Å². The van der Waals surface area contributed by atoms with E-state index < -0.39 is 102 Å². The van der Waals surface area contributed by atoms with Crippen LogP contribution in [-0.2, 0) is 58.9 Å². The smallest absolute Gasteiger partial charge is 0.408 e. The van der Waals surface area contributed by atoms with Gasteiger partial charge in [0.2, 0.25) is 17.7 Å². The number of rotatable bonds is 30. The molecule has 0 fully saturated rings. The fourth-order valence-corrected chi connectivity index (χ4v) is 9.95. The second-order valence-electron chi connectivity index (χ2n) is 22.0. The Bertz CT molecular complexity index is 2740. The molecule has 0 aromatic heterocycles. The number of carbonyl (C=O) groups excluding carboxylic acids is 7. The van der Waals surface area contributed by atoms with Gasteiger partial charge in [0, 0.05) is 42.9 Å². The van der Waals surface area contributed by atoms with E-state index in [2.05, 4.69) is 16.0 Å². The summed E-state index contributed by atoms with van der Waals surface area (Å²) in [5, 5.41) is 18.0. The number of carboxylic acids is 1. The van der Waals surface area contributed by atoms with Crippen molar-refractivity contribution in [1.82, 2.24) is 25.8 Å². The molecule has 1 aliphatic carbocycles. The van der Waals surface area contributed by atoms with Crippen molar-refractivity contribution in [2.75, 3.05) is 39.4 Å². The number of alkyl carbamates (subject to hydrolysis) is 1. The topological polar surface area (TPSA) is 236 Å². The summed E-state index contributed by atoms with van der Waals surface area (Å²) < 4.78 is 24.1. The second kappa shape index (κ2) is 31.7. The van der Waals surface area contributed by atoms with Crippen molar-refractivity contribution in [3.05, 3.63) is 118 Å². The van der Waals surface area contributed by atoms with Gasteiger partial charge in [-0.1, -0.05) is 125 Å². The number of esters is 2. The van der Waals surface area contributed by atoms with E-state index in [1.807, 2.05) is 95.5 Å². The van der Waals surface area contributed by atoms with Crippen molar-refractivity contribution in [3.63, 3.8) is 0 Å². The predicted octanol–water partition coefficient (Wildman–Crippen LogP) is 9.12. The molecule has 5 amide bonds. The number of amides is 5. The molecule has 0 radical (unpaired) electrons. The van der Waals surface area contributed by atoms with Crippen molar-refractivity contribution in [2.45, 2.75) is 150 Å². The lowest BCUT2D eigenvalue weighted by Gasteiger charge is -2.34. The minimum Gasteiger partial charge on any atom is -0.480 e. The molecule has 0 saturated carbocycles. The standard InChI is InChI=1S/C62H84ClN5O13S/c1-15-37(5)53(58(73)74)65-52(69)33-67(12)57(72)49(32-42-26-28-43(63)29-27-42)68(13)56(71)41(9)64-55(70)51(31-36(3)4)80-59(75)39(7)25-30-50(79-35-82-14)40(8)54(38(6)16-2)81-60(76)62(10,11)66-61(77)78-34-48-46-23-19-17-21-44(46)45-22-18-20-24-47(45)48/h16-29,36-37,40-41,48-51,53-54H,15,30-35H2,1-14H3,(H,64,70)(H,65,69)(H,66,77)(H,73,74)/b38-16+,39-25+. The van der Waals surface area contributed by atoms with E-state index in [4.69, 9.17) is 30.5 Å². The third-order valence-corrected chi connectivity index (χ3v) is 15.4. The molecule has 8 atom stereocenters. The quantitative estimate of drug-likeness (QED) is 0.0160. The number of fused-ring (bicyclic) bond motifs is 3. The Morgan fingerprint density at radius 1 is 0.841 bits per heavy atom. The fraction of sp³-hybridized carbons (Fsp3) is 0.516. The van der Waals surface area contributed by atoms with Crippen LogP contribution < -0.4 is 16.0 Å². The first-order valence-electron chi connectivity index (χ1n) is 27.7. The normalized spacial score (nSPS) is 15.5. The molecule has 448 valence electrons. The highest BCUT2D eigenvalue weighted by Gasteiger charge is 2.39. The molecule has 0 heterocycles. The van der Waals surface area contributed by atoms with E-state index in [-0.39, 0.29) is 55.1 Å². The zero-order valence-electron chi connectivity index (χ0n) is 49.8. The van der Waals surface area contributed by atoms with Crippen molar-refractivity contribution in [3.8, 4) is 11.1 Å². The van der Waals surface area contributed by atoms with Gasteiger partial charge in [-0.25, -0.2) is 19.2 Å². The summed E-state index contributed by atoms with van der Waals surface area (Å²) in [5.74, 6) is -6.34. The lowest BCUT2D eigenvalue weighted by atomic mass is 9.90. The molecular weight excluding hydrogens is 1090 g/mol. The van der Waals surface area contributed by atoms with Crippen LogP contribution in [0.2, 0.25) is 5.02 Å². The van der Waals surface area contributed by atoms with Gasteiger partial charge in [-0.2, -0.15) is 0 Å². The Kier molecular flexibility index (Phi) is 26.2. The highest BCUT2D eigenvalue weighted by molar-refractivity contribution is 7.98. The SMILES string of the molecule is C/C=C(\C)C(OC(=O)C(C)(C)NC(=O)OCC1c2ccccc2-c2ccccc21)C(C)C(C/C=C(\C)C(=O)OC(CC(C)C)C(=O)NC(C)C(=O)N(C)C(Cc1ccc(Cl)cc1)C(=O)N(C)CC(=O)NC(C(=O)O)C(C)CC)OCSC. The molecule has 4 N–H and O–H groups in total. The van der Waals surface area contributed by atoms with Gasteiger partial charge in [0.15, 0.2) is 6.10 Å². The second-order valence-corrected chi connectivity index (χ2v) is 23.3. The van der Waals surface area contributed by atoms with Gasteiger partial charge in [-0.15, -0.1) is 11.8 Å². The minimum atomic E-state index is -1.51. The summed E-state index contributed by atoms with van der Waals surface area (Å²) in [7, 11) is 2.77. The van der Waals surface area contributed by atoms with Crippen LogP contribution in [0.5, 0.6) is 0 Å². The third-order valence-electron chi connectivity index (χ3n) is 14.8. The molecule has 82 heavy (non-hydrogen) atoms. The number of benzene rings is 3. The first-order valence-corrected chi connectivity index (χ1v) is 29.5. The summed E-state index contributed by atoms with van der Waals surface area (Å²) >= 11 is 7.58. The molecule has 4 rings (SSSR count). The average molecular weight is 1170 g/mol. The zero-order valence-corrected chi connectivity index (χ0v) is 51.4. The number of hydrogen-bond donors (Lipinski definition) is 4. The summed E-state index contributed by atoms with van der Waals surface area (Å²) in [4.78, 5) is 111. The number of allylic oxidation sites excluding steroid dienone is 1. The number of carbonyl (C=O) groups is 8. The molecule has 0 saturated heterocycles. The van der Waals surface area contributed by atoms with E-state index in [0.29, 0.717) is 17.0 Å². The van der Waals surface area contributed by atoms with Crippen molar-refractivity contribution < 1.29 is 62.4 Å². The maximum Gasteiger partial charge on any atom is 0.408 e. The molecule has 20 heteroatoms. The predicted molar refractivity (Wildman–Crippen MR) is 318 cm³/mol. The van der Waals surface area contributed by atoms with Gasteiger partial charge in [0.25, 0.3) is 5.91 Å². The molecule has 18 nitrogen and oxygen atoms in total. The van der Waals surface area contributed by atoms with Gasteiger partial charge >= 0.3 is 24.0 Å².